The van der Waals surface area contributed by atoms with E-state index in [0.717, 1.165) is 70.6 Å². The molecule has 0 fully saturated rings. The number of allylic oxidation sites excluding steroid dienone is 6. The molecule has 0 saturated carbocycles. The van der Waals surface area contributed by atoms with Gasteiger partial charge in [0, 0.05) is 19.3 Å². The van der Waals surface area contributed by atoms with Gasteiger partial charge in [-0.25, -0.2) is 0 Å². The predicted molar refractivity (Wildman–Crippen MR) is 275 cm³/mol. The molecule has 0 amide bonds. The van der Waals surface area contributed by atoms with Gasteiger partial charge >= 0.3 is 17.9 Å². The summed E-state index contributed by atoms with van der Waals surface area (Å²) in [4.78, 5) is 38.1. The van der Waals surface area contributed by atoms with E-state index >= 15 is 0 Å². The quantitative estimate of drug-likeness (QED) is 0.0262. The monoisotopic (exact) mass is 899 g/mol. The molecule has 1 atom stereocenters. The zero-order valence-electron chi connectivity index (χ0n) is 42.8. The third kappa shape index (κ3) is 50.6. The molecular formula is C58H106O6. The Bertz CT molecular complexity index is 1080. The van der Waals surface area contributed by atoms with Gasteiger partial charge in [0.05, 0.1) is 0 Å². The maximum atomic E-state index is 12.8. The van der Waals surface area contributed by atoms with E-state index in [2.05, 4.69) is 57.2 Å². The topological polar surface area (TPSA) is 78.9 Å². The maximum Gasteiger partial charge on any atom is 0.306 e. The van der Waals surface area contributed by atoms with Gasteiger partial charge in [-0.2, -0.15) is 0 Å². The van der Waals surface area contributed by atoms with Gasteiger partial charge in [0.1, 0.15) is 13.2 Å². The van der Waals surface area contributed by atoms with Gasteiger partial charge in [-0.3, -0.25) is 14.4 Å². The van der Waals surface area contributed by atoms with Crippen molar-refractivity contribution >= 4 is 17.9 Å². The second-order valence-corrected chi connectivity index (χ2v) is 18.9. The van der Waals surface area contributed by atoms with Crippen LogP contribution in [0.15, 0.2) is 36.5 Å². The first kappa shape index (κ1) is 61.6. The number of hydrogen-bond donors (Lipinski definition) is 0. The fraction of sp³-hybridized carbons (Fsp3) is 0.845. The summed E-state index contributed by atoms with van der Waals surface area (Å²) in [6.07, 6.45) is 62.8. The SMILES string of the molecule is CC\C=C/C=C\C=C/CCCCCCCCCC(=O)OC(COC(=O)CCCCCCCCCCCCCC)COC(=O)CCCCCCCCCCCCCCCCCCCCC. The summed E-state index contributed by atoms with van der Waals surface area (Å²) in [5.74, 6) is -0.868. The highest BCUT2D eigenvalue weighted by molar-refractivity contribution is 5.71. The first-order valence-corrected chi connectivity index (χ1v) is 28.0. The summed E-state index contributed by atoms with van der Waals surface area (Å²) in [6.45, 7) is 6.54. The fourth-order valence-corrected chi connectivity index (χ4v) is 8.27. The average molecular weight is 899 g/mol. The van der Waals surface area contributed by atoms with Crippen molar-refractivity contribution in [1.82, 2.24) is 0 Å². The number of carbonyl (C=O) groups excluding carboxylic acids is 3. The van der Waals surface area contributed by atoms with Gasteiger partial charge < -0.3 is 14.2 Å². The van der Waals surface area contributed by atoms with Gasteiger partial charge in [0.25, 0.3) is 0 Å². The van der Waals surface area contributed by atoms with Crippen molar-refractivity contribution in [1.29, 1.82) is 0 Å². The molecule has 0 N–H and O–H groups in total. The molecule has 0 aromatic carbocycles. The van der Waals surface area contributed by atoms with Crippen molar-refractivity contribution in [2.24, 2.45) is 0 Å². The molecule has 0 rings (SSSR count). The van der Waals surface area contributed by atoms with Crippen LogP contribution < -0.4 is 0 Å². The lowest BCUT2D eigenvalue weighted by molar-refractivity contribution is -0.167. The minimum absolute atomic E-state index is 0.0725. The molecule has 64 heavy (non-hydrogen) atoms. The number of carbonyl (C=O) groups is 3. The molecule has 6 nitrogen and oxygen atoms in total. The zero-order valence-corrected chi connectivity index (χ0v) is 42.8. The highest BCUT2D eigenvalue weighted by Gasteiger charge is 2.19. The van der Waals surface area contributed by atoms with Crippen LogP contribution in [0.4, 0.5) is 0 Å². The van der Waals surface area contributed by atoms with E-state index in [1.54, 1.807) is 0 Å². The van der Waals surface area contributed by atoms with Crippen molar-refractivity contribution in [3.05, 3.63) is 36.5 Å². The summed E-state index contributed by atoms with van der Waals surface area (Å²) in [5, 5.41) is 0. The Morgan fingerprint density at radius 3 is 0.938 bits per heavy atom. The van der Waals surface area contributed by atoms with Crippen molar-refractivity contribution in [2.75, 3.05) is 13.2 Å². The van der Waals surface area contributed by atoms with Gasteiger partial charge in [-0.05, 0) is 38.5 Å². The largest absolute Gasteiger partial charge is 0.462 e. The first-order chi connectivity index (χ1) is 31.5. The van der Waals surface area contributed by atoms with E-state index in [4.69, 9.17) is 14.2 Å². The fourth-order valence-electron chi connectivity index (χ4n) is 8.27. The van der Waals surface area contributed by atoms with Gasteiger partial charge in [-0.1, -0.05) is 276 Å². The molecule has 0 heterocycles. The van der Waals surface area contributed by atoms with Crippen LogP contribution >= 0.6 is 0 Å². The van der Waals surface area contributed by atoms with Crippen LogP contribution in [-0.2, 0) is 28.6 Å². The number of ether oxygens (including phenoxy) is 3. The van der Waals surface area contributed by atoms with E-state index in [0.29, 0.717) is 19.3 Å². The van der Waals surface area contributed by atoms with Crippen LogP contribution in [0.5, 0.6) is 0 Å². The third-order valence-electron chi connectivity index (χ3n) is 12.5. The highest BCUT2D eigenvalue weighted by atomic mass is 16.6. The molecule has 0 bridgehead atoms. The lowest BCUT2D eigenvalue weighted by Crippen LogP contribution is -2.30. The summed E-state index contributed by atoms with van der Waals surface area (Å²) < 4.78 is 16.8. The number of esters is 3. The lowest BCUT2D eigenvalue weighted by Gasteiger charge is -2.18. The molecule has 0 spiro atoms. The average Bonchev–Trinajstić information content (AvgIpc) is 3.29. The molecular weight excluding hydrogens is 793 g/mol. The smallest absolute Gasteiger partial charge is 0.306 e. The standard InChI is InChI=1S/C58H106O6/c1-4-7-10-13-16-19-22-25-27-28-29-30-32-33-36-39-42-45-48-51-57(60)63-54-55(53-62-56(59)50-47-44-41-38-35-24-21-18-15-12-9-6-3)64-58(61)52-49-46-43-40-37-34-31-26-23-20-17-14-11-8-5-2/h8,11,14,17,20,23,55H,4-7,9-10,12-13,15-16,18-19,21-22,24-54H2,1-3H3/b11-8-,17-14-,23-20-. The lowest BCUT2D eigenvalue weighted by atomic mass is 10.0. The van der Waals surface area contributed by atoms with Crippen molar-refractivity contribution in [2.45, 2.75) is 303 Å². The first-order valence-electron chi connectivity index (χ1n) is 28.0. The van der Waals surface area contributed by atoms with E-state index in [1.807, 2.05) is 0 Å². The van der Waals surface area contributed by atoms with Gasteiger partial charge in [-0.15, -0.1) is 0 Å². The maximum absolute atomic E-state index is 12.8. The van der Waals surface area contributed by atoms with Gasteiger partial charge in [0.2, 0.25) is 0 Å². The summed E-state index contributed by atoms with van der Waals surface area (Å²) in [6, 6.07) is 0. The minimum Gasteiger partial charge on any atom is -0.462 e. The van der Waals surface area contributed by atoms with Crippen LogP contribution in [-0.4, -0.2) is 37.2 Å². The molecule has 0 aliphatic heterocycles. The zero-order chi connectivity index (χ0) is 46.5. The van der Waals surface area contributed by atoms with E-state index in [-0.39, 0.29) is 31.1 Å². The van der Waals surface area contributed by atoms with Crippen molar-refractivity contribution < 1.29 is 28.6 Å². The molecule has 0 aromatic rings. The Labute approximate surface area is 397 Å². The Kier molecular flexibility index (Phi) is 51.3. The number of unbranched alkanes of at least 4 members (excludes halogenated alkanes) is 36. The number of rotatable bonds is 51. The van der Waals surface area contributed by atoms with Crippen molar-refractivity contribution in [3.8, 4) is 0 Å². The predicted octanol–water partition coefficient (Wildman–Crippen LogP) is 18.5. The second kappa shape index (κ2) is 53.2. The second-order valence-electron chi connectivity index (χ2n) is 18.9. The molecule has 0 aliphatic rings. The summed E-state index contributed by atoms with van der Waals surface area (Å²) >= 11 is 0. The molecule has 0 saturated heterocycles. The minimum atomic E-state index is -0.773. The highest BCUT2D eigenvalue weighted by Crippen LogP contribution is 2.17. The van der Waals surface area contributed by atoms with Crippen LogP contribution in [0.25, 0.3) is 0 Å². The molecule has 0 aliphatic carbocycles. The molecule has 0 radical (unpaired) electrons. The Hall–Kier alpha value is -2.37. The van der Waals surface area contributed by atoms with E-state index in [9.17, 15) is 14.4 Å². The summed E-state index contributed by atoms with van der Waals surface area (Å²) in [7, 11) is 0. The Morgan fingerprint density at radius 1 is 0.328 bits per heavy atom. The Balaban J connectivity index is 4.30. The molecule has 0 aromatic heterocycles. The van der Waals surface area contributed by atoms with E-state index in [1.165, 1.54) is 186 Å². The van der Waals surface area contributed by atoms with E-state index < -0.39 is 6.10 Å². The molecule has 374 valence electrons. The Morgan fingerprint density at radius 2 is 0.609 bits per heavy atom. The normalized spacial score (nSPS) is 12.2. The third-order valence-corrected chi connectivity index (χ3v) is 12.5. The van der Waals surface area contributed by atoms with Crippen molar-refractivity contribution in [3.63, 3.8) is 0 Å². The summed E-state index contributed by atoms with van der Waals surface area (Å²) in [5.41, 5.74) is 0. The molecule has 1 unspecified atom stereocenters. The van der Waals surface area contributed by atoms with Crippen LogP contribution in [0.1, 0.15) is 297 Å². The molecule has 6 heteroatoms. The van der Waals surface area contributed by atoms with Crippen LogP contribution in [0.2, 0.25) is 0 Å². The number of hydrogen-bond acceptors (Lipinski definition) is 6. The van der Waals surface area contributed by atoms with Crippen LogP contribution in [0.3, 0.4) is 0 Å². The van der Waals surface area contributed by atoms with Gasteiger partial charge in [0.15, 0.2) is 6.10 Å². The van der Waals surface area contributed by atoms with Crippen LogP contribution in [0, 0.1) is 0 Å².